The number of nitrogens with zero attached hydrogens (tertiary/aromatic N) is 3. The van der Waals surface area contributed by atoms with E-state index in [0.717, 1.165) is 12.2 Å². The minimum absolute atomic E-state index is 0.420. The van der Waals surface area contributed by atoms with Crippen molar-refractivity contribution in [2.45, 2.75) is 26.2 Å². The van der Waals surface area contributed by atoms with Gasteiger partial charge >= 0.3 is 0 Å². The van der Waals surface area contributed by atoms with Crippen LogP contribution in [-0.4, -0.2) is 20.6 Å². The zero-order chi connectivity index (χ0) is 6.69. The molecule has 0 aliphatic carbocycles. The van der Waals surface area contributed by atoms with Gasteiger partial charge in [-0.05, 0) is 6.42 Å². The van der Waals surface area contributed by atoms with Gasteiger partial charge in [0.1, 0.15) is 0 Å². The van der Waals surface area contributed by atoms with Gasteiger partial charge in [-0.1, -0.05) is 19.1 Å². The van der Waals surface area contributed by atoms with Crippen molar-refractivity contribution in [1.82, 2.24) is 20.6 Å². The van der Waals surface area contributed by atoms with Crippen LogP contribution in [0.25, 0.3) is 0 Å². The van der Waals surface area contributed by atoms with Crippen LogP contribution in [0.1, 0.15) is 32.0 Å². The lowest BCUT2D eigenvalue weighted by Gasteiger charge is -1.97. The van der Waals surface area contributed by atoms with Gasteiger partial charge in [0, 0.05) is 5.92 Å². The number of tetrazole rings is 1. The molecule has 0 fully saturated rings. The van der Waals surface area contributed by atoms with Gasteiger partial charge in [0.05, 0.1) is 0 Å². The fourth-order valence-electron chi connectivity index (χ4n) is 0.561. The highest BCUT2D eigenvalue weighted by Crippen LogP contribution is 2.10. The molecule has 1 heterocycles. The molecule has 9 heavy (non-hydrogen) atoms. The van der Waals surface area contributed by atoms with Crippen LogP contribution >= 0.6 is 0 Å². The normalized spacial score (nSPS) is 13.6. The largest absolute Gasteiger partial charge is 0.177 e. The molecule has 0 radical (unpaired) electrons. The third kappa shape index (κ3) is 1.25. The molecule has 1 N–H and O–H groups in total. The molecule has 0 spiro atoms. The molecule has 4 heteroatoms. The molecule has 4 nitrogen and oxygen atoms in total. The molecule has 1 aromatic rings. The summed E-state index contributed by atoms with van der Waals surface area (Å²) >= 11 is 0. The van der Waals surface area contributed by atoms with Crippen LogP contribution in [0.4, 0.5) is 0 Å². The maximum atomic E-state index is 3.84. The molecule has 1 atom stereocenters. The van der Waals surface area contributed by atoms with Crippen molar-refractivity contribution in [3.63, 3.8) is 0 Å². The van der Waals surface area contributed by atoms with E-state index < -0.39 is 0 Å². The first-order valence-corrected chi connectivity index (χ1v) is 3.08. The van der Waals surface area contributed by atoms with E-state index in [-0.39, 0.29) is 0 Å². The highest BCUT2D eigenvalue weighted by molar-refractivity contribution is 4.85. The van der Waals surface area contributed by atoms with Crippen LogP contribution < -0.4 is 0 Å². The zero-order valence-electron chi connectivity index (χ0n) is 5.63. The van der Waals surface area contributed by atoms with E-state index in [1.54, 1.807) is 0 Å². The molecule has 0 amide bonds. The molecule has 0 aromatic carbocycles. The fourth-order valence-corrected chi connectivity index (χ4v) is 0.561. The van der Waals surface area contributed by atoms with Gasteiger partial charge < -0.3 is 0 Å². The van der Waals surface area contributed by atoms with Crippen molar-refractivity contribution in [3.05, 3.63) is 5.82 Å². The summed E-state index contributed by atoms with van der Waals surface area (Å²) in [6, 6.07) is 0. The Labute approximate surface area is 53.7 Å². The quantitative estimate of drug-likeness (QED) is 0.635. The number of nitrogens with one attached hydrogen (secondary N) is 1. The van der Waals surface area contributed by atoms with E-state index in [0.29, 0.717) is 5.92 Å². The maximum Gasteiger partial charge on any atom is 0.177 e. The van der Waals surface area contributed by atoms with Crippen LogP contribution in [0.3, 0.4) is 0 Å². The fraction of sp³-hybridized carbons (Fsp3) is 0.800. The predicted octanol–water partition coefficient (Wildman–Crippen LogP) is 0.713. The van der Waals surface area contributed by atoms with Gasteiger partial charge in [-0.2, -0.15) is 5.21 Å². The first-order valence-electron chi connectivity index (χ1n) is 3.08. The van der Waals surface area contributed by atoms with Gasteiger partial charge in [-0.25, -0.2) is 0 Å². The average Bonchev–Trinajstić information content (AvgIpc) is 2.37. The van der Waals surface area contributed by atoms with Crippen molar-refractivity contribution in [1.29, 1.82) is 0 Å². The summed E-state index contributed by atoms with van der Waals surface area (Å²) in [7, 11) is 0. The van der Waals surface area contributed by atoms with Crippen LogP contribution in [0.15, 0.2) is 0 Å². The van der Waals surface area contributed by atoms with Crippen molar-refractivity contribution in [3.8, 4) is 0 Å². The molecule has 1 aromatic heterocycles. The number of aromatic nitrogens is 4. The number of hydrogen-bond acceptors (Lipinski definition) is 3. The second-order valence-corrected chi connectivity index (χ2v) is 2.08. The Bertz CT molecular complexity index is 157. The average molecular weight is 126 g/mol. The SMILES string of the molecule is CC[C@@H](C)c1nn[nH]n1. The van der Waals surface area contributed by atoms with Gasteiger partial charge in [-0.15, -0.1) is 10.2 Å². The molecule has 0 unspecified atom stereocenters. The Balaban J connectivity index is 2.65. The van der Waals surface area contributed by atoms with E-state index in [1.807, 2.05) is 0 Å². The Morgan fingerprint density at radius 3 is 2.89 bits per heavy atom. The second-order valence-electron chi connectivity index (χ2n) is 2.08. The lowest BCUT2D eigenvalue weighted by atomic mass is 10.1. The van der Waals surface area contributed by atoms with E-state index >= 15 is 0 Å². The van der Waals surface area contributed by atoms with Gasteiger partial charge in [0.25, 0.3) is 0 Å². The van der Waals surface area contributed by atoms with E-state index in [2.05, 4.69) is 34.5 Å². The summed E-state index contributed by atoms with van der Waals surface area (Å²) in [5.74, 6) is 1.22. The minimum atomic E-state index is 0.420. The third-order valence-corrected chi connectivity index (χ3v) is 1.41. The Kier molecular flexibility index (Phi) is 1.77. The van der Waals surface area contributed by atoms with Gasteiger partial charge in [0.2, 0.25) is 0 Å². The van der Waals surface area contributed by atoms with Crippen molar-refractivity contribution < 1.29 is 0 Å². The summed E-state index contributed by atoms with van der Waals surface area (Å²) in [5, 5.41) is 13.5. The molecule has 0 saturated heterocycles. The van der Waals surface area contributed by atoms with Crippen LogP contribution in [0, 0.1) is 0 Å². The molecule has 1 rings (SSSR count). The van der Waals surface area contributed by atoms with E-state index in [4.69, 9.17) is 0 Å². The topological polar surface area (TPSA) is 54.5 Å². The summed E-state index contributed by atoms with van der Waals surface area (Å²) < 4.78 is 0. The van der Waals surface area contributed by atoms with Crippen LogP contribution in [0.2, 0.25) is 0 Å². The standard InChI is InChI=1S/C5H10N4/c1-3-4(2)5-6-8-9-7-5/h4H,3H2,1-2H3,(H,6,7,8,9)/t4-/m1/s1. The minimum Gasteiger partial charge on any atom is -0.177 e. The summed E-state index contributed by atoms with van der Waals surface area (Å²) in [6.07, 6.45) is 1.06. The number of H-pyrrole nitrogens is 1. The van der Waals surface area contributed by atoms with E-state index in [1.165, 1.54) is 0 Å². The highest BCUT2D eigenvalue weighted by atomic mass is 15.5. The van der Waals surface area contributed by atoms with Crippen LogP contribution in [0.5, 0.6) is 0 Å². The summed E-state index contributed by atoms with van der Waals surface area (Å²) in [4.78, 5) is 0. The monoisotopic (exact) mass is 126 g/mol. The first-order chi connectivity index (χ1) is 4.34. The third-order valence-electron chi connectivity index (χ3n) is 1.41. The highest BCUT2D eigenvalue weighted by Gasteiger charge is 2.05. The first kappa shape index (κ1) is 6.19. The number of hydrogen-bond donors (Lipinski definition) is 1. The molecular formula is C5H10N4. The molecule has 50 valence electrons. The smallest absolute Gasteiger partial charge is 0.177 e. The summed E-state index contributed by atoms with van der Waals surface area (Å²) in [5.41, 5.74) is 0. The molecule has 0 aliphatic rings. The Morgan fingerprint density at radius 1 is 1.67 bits per heavy atom. The van der Waals surface area contributed by atoms with Gasteiger partial charge in [-0.3, -0.25) is 0 Å². The zero-order valence-corrected chi connectivity index (χ0v) is 5.63. The van der Waals surface area contributed by atoms with Crippen molar-refractivity contribution in [2.24, 2.45) is 0 Å². The van der Waals surface area contributed by atoms with E-state index in [9.17, 15) is 0 Å². The predicted molar refractivity (Wildman–Crippen MR) is 32.9 cm³/mol. The lowest BCUT2D eigenvalue weighted by Crippen LogP contribution is -1.93. The van der Waals surface area contributed by atoms with Crippen molar-refractivity contribution >= 4 is 0 Å². The second kappa shape index (κ2) is 2.57. The maximum absolute atomic E-state index is 3.84. The molecule has 0 aliphatic heterocycles. The van der Waals surface area contributed by atoms with Gasteiger partial charge in [0.15, 0.2) is 5.82 Å². The lowest BCUT2D eigenvalue weighted by molar-refractivity contribution is 0.680. The summed E-state index contributed by atoms with van der Waals surface area (Å²) in [6.45, 7) is 4.17. The molecule has 0 saturated carbocycles. The Hall–Kier alpha value is -0.930. The number of rotatable bonds is 2. The number of aromatic amines is 1. The Morgan fingerprint density at radius 2 is 2.44 bits per heavy atom. The van der Waals surface area contributed by atoms with Crippen molar-refractivity contribution in [2.75, 3.05) is 0 Å². The molecule has 0 bridgehead atoms. The van der Waals surface area contributed by atoms with Crippen LogP contribution in [-0.2, 0) is 0 Å². The molecular weight excluding hydrogens is 116 g/mol.